The molecule has 0 unspecified atom stereocenters. The van der Waals surface area contributed by atoms with Gasteiger partial charge in [0.15, 0.2) is 0 Å². The molecule has 1 heterocycles. The highest BCUT2D eigenvalue weighted by molar-refractivity contribution is 14.1. The average molecular weight is 359 g/mol. The molecule has 0 bridgehead atoms. The van der Waals surface area contributed by atoms with Crippen LogP contribution in [0, 0.1) is 9.49 Å². The van der Waals surface area contributed by atoms with Crippen molar-refractivity contribution in [1.82, 2.24) is 10.6 Å². The lowest BCUT2D eigenvalue weighted by Crippen LogP contribution is -2.36. The van der Waals surface area contributed by atoms with E-state index >= 15 is 0 Å². The second-order valence-electron chi connectivity index (χ2n) is 4.64. The van der Waals surface area contributed by atoms with Crippen molar-refractivity contribution < 1.29 is 4.79 Å². The summed E-state index contributed by atoms with van der Waals surface area (Å²) in [5, 5.41) is 6.32. The van der Waals surface area contributed by atoms with E-state index in [-0.39, 0.29) is 5.91 Å². The van der Waals surface area contributed by atoms with E-state index in [0.717, 1.165) is 36.0 Å². The summed E-state index contributed by atoms with van der Waals surface area (Å²) in [6.07, 6.45) is 2.28. The van der Waals surface area contributed by atoms with E-state index < -0.39 is 0 Å². The minimum atomic E-state index is -0.00792. The molecule has 98 valence electrons. The number of nitrogen functional groups attached to an aromatic ring is 1. The van der Waals surface area contributed by atoms with E-state index in [0.29, 0.717) is 17.2 Å². The molecule has 4 nitrogen and oxygen atoms in total. The number of nitrogens with two attached hydrogens (primary N) is 1. The maximum Gasteiger partial charge on any atom is 0.251 e. The van der Waals surface area contributed by atoms with E-state index in [2.05, 4.69) is 33.2 Å². The van der Waals surface area contributed by atoms with E-state index in [1.807, 2.05) is 6.07 Å². The van der Waals surface area contributed by atoms with Crippen LogP contribution in [0.25, 0.3) is 0 Å². The summed E-state index contributed by atoms with van der Waals surface area (Å²) in [5.41, 5.74) is 7.13. The van der Waals surface area contributed by atoms with Crippen molar-refractivity contribution in [1.29, 1.82) is 0 Å². The molecule has 1 aliphatic heterocycles. The maximum absolute atomic E-state index is 12.0. The Bertz CT molecular complexity index is 430. The maximum atomic E-state index is 12.0. The van der Waals surface area contributed by atoms with Crippen molar-refractivity contribution in [3.8, 4) is 0 Å². The average Bonchev–Trinajstić information content (AvgIpc) is 2.40. The standard InChI is InChI=1S/C13H18IN3O/c14-11-7-10(1-2-12(11)15)13(18)17-8-9-3-5-16-6-4-9/h1-2,7,9,16H,3-6,8,15H2,(H,17,18). The number of anilines is 1. The third-order valence-electron chi connectivity index (χ3n) is 3.27. The number of piperidine rings is 1. The van der Waals surface area contributed by atoms with Crippen LogP contribution in [0.1, 0.15) is 23.2 Å². The summed E-state index contributed by atoms with van der Waals surface area (Å²) >= 11 is 2.14. The summed E-state index contributed by atoms with van der Waals surface area (Å²) in [6, 6.07) is 5.38. The van der Waals surface area contributed by atoms with Crippen LogP contribution in [0.4, 0.5) is 5.69 Å². The number of benzene rings is 1. The lowest BCUT2D eigenvalue weighted by Gasteiger charge is -2.22. The molecule has 1 aliphatic rings. The van der Waals surface area contributed by atoms with E-state index in [1.165, 1.54) is 0 Å². The smallest absolute Gasteiger partial charge is 0.251 e. The Kier molecular flexibility index (Phi) is 4.82. The fraction of sp³-hybridized carbons (Fsp3) is 0.462. The van der Waals surface area contributed by atoms with Gasteiger partial charge in [-0.1, -0.05) is 0 Å². The van der Waals surface area contributed by atoms with Crippen molar-refractivity contribution in [3.63, 3.8) is 0 Å². The first-order chi connectivity index (χ1) is 8.66. The predicted molar refractivity (Wildman–Crippen MR) is 81.5 cm³/mol. The minimum Gasteiger partial charge on any atom is -0.398 e. The van der Waals surface area contributed by atoms with Gasteiger partial charge < -0.3 is 16.4 Å². The first-order valence-corrected chi connectivity index (χ1v) is 7.28. The number of carbonyl (C=O) groups excluding carboxylic acids is 1. The summed E-state index contributed by atoms with van der Waals surface area (Å²) in [6.45, 7) is 2.88. The van der Waals surface area contributed by atoms with Crippen LogP contribution >= 0.6 is 22.6 Å². The monoisotopic (exact) mass is 359 g/mol. The lowest BCUT2D eigenvalue weighted by molar-refractivity contribution is 0.0944. The van der Waals surface area contributed by atoms with Crippen molar-refractivity contribution >= 4 is 34.2 Å². The number of hydrogen-bond donors (Lipinski definition) is 3. The first-order valence-electron chi connectivity index (χ1n) is 6.21. The van der Waals surface area contributed by atoms with Crippen LogP contribution in [0.15, 0.2) is 18.2 Å². The Morgan fingerprint density at radius 3 is 2.83 bits per heavy atom. The number of amides is 1. The first kappa shape index (κ1) is 13.6. The zero-order valence-electron chi connectivity index (χ0n) is 10.2. The molecule has 0 aliphatic carbocycles. The number of rotatable bonds is 3. The molecule has 0 atom stereocenters. The zero-order valence-corrected chi connectivity index (χ0v) is 12.4. The van der Waals surface area contributed by atoms with Gasteiger partial charge in [0.25, 0.3) is 5.91 Å². The molecule has 1 aromatic carbocycles. The quantitative estimate of drug-likeness (QED) is 0.567. The van der Waals surface area contributed by atoms with Crippen LogP contribution in [-0.2, 0) is 0 Å². The molecule has 1 amide bonds. The fourth-order valence-electron chi connectivity index (χ4n) is 2.09. The highest BCUT2D eigenvalue weighted by Gasteiger charge is 2.14. The molecule has 5 heteroatoms. The summed E-state index contributed by atoms with van der Waals surface area (Å²) in [7, 11) is 0. The van der Waals surface area contributed by atoms with Gasteiger partial charge in [0.05, 0.1) is 0 Å². The van der Waals surface area contributed by atoms with Gasteiger partial charge in [-0.15, -0.1) is 0 Å². The Hall–Kier alpha value is -0.820. The summed E-state index contributed by atoms with van der Waals surface area (Å²) in [5.74, 6) is 0.592. The molecule has 1 fully saturated rings. The second-order valence-corrected chi connectivity index (χ2v) is 5.80. The third-order valence-corrected chi connectivity index (χ3v) is 4.21. The Labute approximate surface area is 121 Å². The Morgan fingerprint density at radius 1 is 1.44 bits per heavy atom. The Morgan fingerprint density at radius 2 is 2.17 bits per heavy atom. The van der Waals surface area contributed by atoms with Crippen molar-refractivity contribution in [2.75, 3.05) is 25.4 Å². The molecule has 0 radical (unpaired) electrons. The van der Waals surface area contributed by atoms with Crippen molar-refractivity contribution in [3.05, 3.63) is 27.3 Å². The zero-order chi connectivity index (χ0) is 13.0. The number of nitrogens with one attached hydrogen (secondary N) is 2. The highest BCUT2D eigenvalue weighted by Crippen LogP contribution is 2.16. The fourth-order valence-corrected chi connectivity index (χ4v) is 2.61. The van der Waals surface area contributed by atoms with Crippen LogP contribution in [-0.4, -0.2) is 25.5 Å². The van der Waals surface area contributed by atoms with Gasteiger partial charge in [-0.2, -0.15) is 0 Å². The predicted octanol–water partition coefficient (Wildman–Crippen LogP) is 1.60. The van der Waals surface area contributed by atoms with Crippen LogP contribution < -0.4 is 16.4 Å². The summed E-state index contributed by atoms with van der Waals surface area (Å²) in [4.78, 5) is 12.0. The lowest BCUT2D eigenvalue weighted by atomic mass is 9.98. The molecule has 1 saturated heterocycles. The van der Waals surface area contributed by atoms with Crippen LogP contribution in [0.5, 0.6) is 0 Å². The number of hydrogen-bond acceptors (Lipinski definition) is 3. The molecule has 4 N–H and O–H groups in total. The normalized spacial score (nSPS) is 16.5. The van der Waals surface area contributed by atoms with Crippen molar-refractivity contribution in [2.24, 2.45) is 5.92 Å². The Balaban J connectivity index is 1.88. The van der Waals surface area contributed by atoms with Gasteiger partial charge in [0.2, 0.25) is 0 Å². The number of carbonyl (C=O) groups is 1. The van der Waals surface area contributed by atoms with Gasteiger partial charge in [-0.05, 0) is 72.6 Å². The van der Waals surface area contributed by atoms with Gasteiger partial charge >= 0.3 is 0 Å². The van der Waals surface area contributed by atoms with Gasteiger partial charge in [0.1, 0.15) is 0 Å². The molecular weight excluding hydrogens is 341 g/mol. The van der Waals surface area contributed by atoms with Crippen LogP contribution in [0.2, 0.25) is 0 Å². The molecule has 0 saturated carbocycles. The second kappa shape index (κ2) is 6.38. The van der Waals surface area contributed by atoms with Gasteiger partial charge in [-0.3, -0.25) is 4.79 Å². The molecule has 0 spiro atoms. The molecule has 0 aromatic heterocycles. The molecule has 2 rings (SSSR count). The minimum absolute atomic E-state index is 0.00792. The molecule has 1 aromatic rings. The third kappa shape index (κ3) is 3.58. The van der Waals surface area contributed by atoms with Crippen LogP contribution in [0.3, 0.4) is 0 Å². The van der Waals surface area contributed by atoms with Crippen molar-refractivity contribution in [2.45, 2.75) is 12.8 Å². The summed E-state index contributed by atoms with van der Waals surface area (Å²) < 4.78 is 0.919. The largest absolute Gasteiger partial charge is 0.398 e. The SMILES string of the molecule is Nc1ccc(C(=O)NCC2CCNCC2)cc1I. The van der Waals surface area contributed by atoms with E-state index in [9.17, 15) is 4.79 Å². The highest BCUT2D eigenvalue weighted by atomic mass is 127. The van der Waals surface area contributed by atoms with Gasteiger partial charge in [-0.25, -0.2) is 0 Å². The van der Waals surface area contributed by atoms with Gasteiger partial charge in [0, 0.05) is 21.4 Å². The number of halogens is 1. The topological polar surface area (TPSA) is 67.2 Å². The van der Waals surface area contributed by atoms with E-state index in [4.69, 9.17) is 5.73 Å². The molecule has 18 heavy (non-hydrogen) atoms. The molecular formula is C13H18IN3O. The van der Waals surface area contributed by atoms with E-state index in [1.54, 1.807) is 12.1 Å².